The van der Waals surface area contributed by atoms with Crippen LogP contribution in [0.3, 0.4) is 0 Å². The lowest BCUT2D eigenvalue weighted by Crippen LogP contribution is -2.72. The molecule has 2 bridgehead atoms. The van der Waals surface area contributed by atoms with Gasteiger partial charge >= 0.3 is 5.97 Å². The zero-order chi connectivity index (χ0) is 27.0. The van der Waals surface area contributed by atoms with E-state index in [1.165, 1.54) is 7.11 Å². The van der Waals surface area contributed by atoms with Crippen molar-refractivity contribution in [1.29, 1.82) is 0 Å². The molecule has 13 atom stereocenters. The van der Waals surface area contributed by atoms with Crippen LogP contribution in [0.4, 0.5) is 0 Å². The van der Waals surface area contributed by atoms with Crippen molar-refractivity contribution in [3.05, 3.63) is 0 Å². The first-order chi connectivity index (χ1) is 17.1. The molecule has 5 saturated carbocycles. The molecule has 37 heavy (non-hydrogen) atoms. The van der Waals surface area contributed by atoms with Gasteiger partial charge in [0.05, 0.1) is 25.2 Å². The molecule has 6 aliphatic rings. The van der Waals surface area contributed by atoms with Gasteiger partial charge in [0.15, 0.2) is 5.79 Å². The molecule has 13 unspecified atom stereocenters. The summed E-state index contributed by atoms with van der Waals surface area (Å²) in [5.41, 5.74) is -0.716. The minimum Gasteiger partial charge on any atom is -0.469 e. The van der Waals surface area contributed by atoms with Gasteiger partial charge in [-0.15, -0.1) is 0 Å². The van der Waals surface area contributed by atoms with Crippen LogP contribution in [0.25, 0.3) is 0 Å². The fraction of sp³-hybridized carbons (Fsp3) is 0.968. The molecular formula is C31H50O6. The quantitative estimate of drug-likeness (QED) is 0.436. The maximum Gasteiger partial charge on any atom is 0.311 e. The number of hydrogen-bond acceptors (Lipinski definition) is 6. The second-order valence-corrected chi connectivity index (χ2v) is 15.8. The first-order valence-corrected chi connectivity index (χ1v) is 14.9. The van der Waals surface area contributed by atoms with Crippen molar-refractivity contribution in [2.24, 2.45) is 56.2 Å². The fourth-order valence-electron chi connectivity index (χ4n) is 12.1. The molecule has 0 radical (unpaired) electrons. The topological polar surface area (TPSA) is 96.2 Å². The van der Waals surface area contributed by atoms with Gasteiger partial charge in [-0.25, -0.2) is 0 Å². The molecule has 6 heteroatoms. The number of esters is 1. The van der Waals surface area contributed by atoms with E-state index in [9.17, 15) is 20.1 Å². The minimum absolute atomic E-state index is 0.0164. The Morgan fingerprint density at radius 2 is 1.43 bits per heavy atom. The Hall–Kier alpha value is -0.690. The molecule has 210 valence electrons. The molecular weight excluding hydrogens is 468 g/mol. The van der Waals surface area contributed by atoms with Crippen molar-refractivity contribution in [1.82, 2.24) is 0 Å². The molecule has 5 aliphatic carbocycles. The Kier molecular flexibility index (Phi) is 5.40. The van der Waals surface area contributed by atoms with Gasteiger partial charge < -0.3 is 24.8 Å². The van der Waals surface area contributed by atoms with Crippen LogP contribution < -0.4 is 0 Å². The minimum atomic E-state index is -1.55. The van der Waals surface area contributed by atoms with E-state index in [2.05, 4.69) is 34.6 Å². The summed E-state index contributed by atoms with van der Waals surface area (Å²) in [6.45, 7) is 14.3. The molecule has 0 amide bonds. The largest absolute Gasteiger partial charge is 0.469 e. The average Bonchev–Trinajstić information content (AvgIpc) is 3.05. The van der Waals surface area contributed by atoms with Crippen LogP contribution in [-0.2, 0) is 14.3 Å². The first-order valence-electron chi connectivity index (χ1n) is 14.9. The predicted molar refractivity (Wildman–Crippen MR) is 139 cm³/mol. The number of fused-ring (bicyclic) bond motifs is 7. The second-order valence-electron chi connectivity index (χ2n) is 15.8. The third kappa shape index (κ3) is 2.85. The summed E-state index contributed by atoms with van der Waals surface area (Å²) in [5, 5.41) is 34.3. The van der Waals surface area contributed by atoms with Crippen molar-refractivity contribution in [2.75, 3.05) is 13.7 Å². The van der Waals surface area contributed by atoms with Crippen LogP contribution >= 0.6 is 0 Å². The molecule has 0 aromatic carbocycles. The van der Waals surface area contributed by atoms with Gasteiger partial charge in [0.2, 0.25) is 0 Å². The second kappa shape index (κ2) is 7.53. The maximum atomic E-state index is 12.9. The van der Waals surface area contributed by atoms with Gasteiger partial charge in [-0.3, -0.25) is 4.79 Å². The van der Waals surface area contributed by atoms with Gasteiger partial charge in [-0.2, -0.15) is 0 Å². The lowest BCUT2D eigenvalue weighted by Gasteiger charge is -2.75. The van der Waals surface area contributed by atoms with Crippen LogP contribution in [0.1, 0.15) is 99.3 Å². The summed E-state index contributed by atoms with van der Waals surface area (Å²) in [4.78, 5) is 12.9. The van der Waals surface area contributed by atoms with E-state index in [1.807, 2.05) is 6.92 Å². The highest BCUT2D eigenvalue weighted by Crippen LogP contribution is 2.79. The molecule has 6 rings (SSSR count). The van der Waals surface area contributed by atoms with Crippen LogP contribution in [-0.4, -0.2) is 53.0 Å². The Balaban J connectivity index is 1.41. The highest BCUT2D eigenvalue weighted by molar-refractivity contribution is 5.76. The van der Waals surface area contributed by atoms with E-state index in [0.717, 1.165) is 51.4 Å². The molecule has 1 saturated heterocycles. The Labute approximate surface area is 222 Å². The van der Waals surface area contributed by atoms with Crippen molar-refractivity contribution in [3.63, 3.8) is 0 Å². The van der Waals surface area contributed by atoms with Crippen LogP contribution in [0.15, 0.2) is 0 Å². The van der Waals surface area contributed by atoms with Gasteiger partial charge in [-0.05, 0) is 104 Å². The smallest absolute Gasteiger partial charge is 0.311 e. The molecule has 1 spiro atoms. The molecule has 1 heterocycles. The SMILES string of the molecule is COC(=O)C1(C)CCC2(C)CCC3(C)C4CC(O)C56COC(O)(C(O)CC5C4(C)CCC3(C)C2C1)C6C. The first kappa shape index (κ1) is 26.5. The Morgan fingerprint density at radius 3 is 2.11 bits per heavy atom. The van der Waals surface area contributed by atoms with Gasteiger partial charge in [-0.1, -0.05) is 34.6 Å². The maximum absolute atomic E-state index is 12.9. The van der Waals surface area contributed by atoms with Gasteiger partial charge in [0.25, 0.3) is 0 Å². The van der Waals surface area contributed by atoms with Crippen molar-refractivity contribution >= 4 is 5.97 Å². The monoisotopic (exact) mass is 518 g/mol. The number of carbonyl (C=O) groups excluding carboxylic acids is 1. The highest BCUT2D eigenvalue weighted by atomic mass is 16.6. The molecule has 3 N–H and O–H groups in total. The normalized spacial score (nSPS) is 62.5. The molecule has 6 nitrogen and oxygen atoms in total. The third-order valence-corrected chi connectivity index (χ3v) is 14.9. The fourth-order valence-corrected chi connectivity index (χ4v) is 12.1. The van der Waals surface area contributed by atoms with E-state index in [4.69, 9.17) is 9.47 Å². The molecule has 6 fully saturated rings. The molecule has 0 aromatic heterocycles. The zero-order valence-electron chi connectivity index (χ0n) is 24.1. The van der Waals surface area contributed by atoms with Gasteiger partial charge in [0.1, 0.15) is 6.10 Å². The number of carbonyl (C=O) groups is 1. The summed E-state index contributed by atoms with van der Waals surface area (Å²) in [7, 11) is 1.52. The lowest BCUT2D eigenvalue weighted by molar-refractivity contribution is -0.305. The number of rotatable bonds is 1. The standard InChI is InChI=1S/C31H50O6/c1-18-30-17-37-31(18,35)23(33)15-20(30)27(4)11-13-29(6)21-16-26(3,24(34)36-7)9-8-25(21,2)10-12-28(29,5)19(27)14-22(30)32/h18-23,32-33,35H,8-17H2,1-7H3. The summed E-state index contributed by atoms with van der Waals surface area (Å²) >= 11 is 0. The van der Waals surface area contributed by atoms with Crippen molar-refractivity contribution in [3.8, 4) is 0 Å². The summed E-state index contributed by atoms with van der Waals surface area (Å²) < 4.78 is 11.2. The van der Waals surface area contributed by atoms with Gasteiger partial charge in [0, 0.05) is 11.3 Å². The molecule has 0 aromatic rings. The number of aliphatic hydroxyl groups excluding tert-OH is 2. The van der Waals surface area contributed by atoms with Crippen LogP contribution in [0.5, 0.6) is 0 Å². The van der Waals surface area contributed by atoms with Crippen LogP contribution in [0.2, 0.25) is 0 Å². The van der Waals surface area contributed by atoms with Crippen LogP contribution in [0, 0.1) is 56.2 Å². The number of hydrogen-bond donors (Lipinski definition) is 3. The van der Waals surface area contributed by atoms with E-state index < -0.39 is 28.8 Å². The predicted octanol–water partition coefficient (Wildman–Crippen LogP) is 4.68. The van der Waals surface area contributed by atoms with E-state index in [-0.39, 0.29) is 39.5 Å². The Bertz CT molecular complexity index is 1000. The van der Waals surface area contributed by atoms with Crippen molar-refractivity contribution in [2.45, 2.75) is 117 Å². The number of aliphatic hydroxyl groups is 3. The Morgan fingerprint density at radius 1 is 0.838 bits per heavy atom. The lowest BCUT2D eigenvalue weighted by atomic mass is 9.29. The average molecular weight is 519 g/mol. The van der Waals surface area contributed by atoms with Crippen molar-refractivity contribution < 1.29 is 29.6 Å². The third-order valence-electron chi connectivity index (χ3n) is 14.9. The van der Waals surface area contributed by atoms with E-state index in [0.29, 0.717) is 24.9 Å². The summed E-state index contributed by atoms with van der Waals surface area (Å²) in [5.74, 6) is -1.10. The zero-order valence-corrected chi connectivity index (χ0v) is 24.1. The highest BCUT2D eigenvalue weighted by Gasteiger charge is 2.77. The number of ether oxygens (including phenoxy) is 2. The summed E-state index contributed by atoms with van der Waals surface area (Å²) in [6.07, 6.45) is 6.96. The molecule has 1 aliphatic heterocycles. The van der Waals surface area contributed by atoms with E-state index >= 15 is 0 Å². The summed E-state index contributed by atoms with van der Waals surface area (Å²) in [6, 6.07) is 0. The number of methoxy groups -OCH3 is 1. The van der Waals surface area contributed by atoms with E-state index in [1.54, 1.807) is 0 Å².